The normalized spacial score (nSPS) is 13.1. The Labute approximate surface area is 102 Å². The van der Waals surface area contributed by atoms with E-state index in [1.807, 2.05) is 6.07 Å². The van der Waals surface area contributed by atoms with E-state index < -0.39 is 0 Å². The third-order valence-corrected chi connectivity index (χ3v) is 3.14. The number of ether oxygens (including phenoxy) is 1. The second-order valence-corrected chi connectivity index (χ2v) is 4.62. The van der Waals surface area contributed by atoms with Crippen LogP contribution < -0.4 is 9.64 Å². The summed E-state index contributed by atoms with van der Waals surface area (Å²) in [4.78, 5) is 13.1. The number of hydrogen-bond donors (Lipinski definition) is 0. The standard InChI is InChI=1S/C14H19NO2/c1-11(16)4-3-8-15(2)13-5-6-14-12(10-13)7-9-17-14/h5-6,10H,3-4,7-9H2,1-2H3. The van der Waals surface area contributed by atoms with Crippen LogP contribution in [0.5, 0.6) is 5.75 Å². The lowest BCUT2D eigenvalue weighted by molar-refractivity contribution is -0.117. The van der Waals surface area contributed by atoms with Gasteiger partial charge in [0.1, 0.15) is 11.5 Å². The second-order valence-electron chi connectivity index (χ2n) is 4.62. The smallest absolute Gasteiger partial charge is 0.129 e. The molecule has 1 heterocycles. The van der Waals surface area contributed by atoms with E-state index >= 15 is 0 Å². The number of hydrogen-bond acceptors (Lipinski definition) is 3. The predicted octanol–water partition coefficient (Wildman–Crippen LogP) is 2.43. The minimum absolute atomic E-state index is 0.265. The van der Waals surface area contributed by atoms with E-state index in [1.165, 1.54) is 11.3 Å². The molecule has 0 N–H and O–H groups in total. The second kappa shape index (κ2) is 5.21. The van der Waals surface area contributed by atoms with Crippen LogP contribution in [0.1, 0.15) is 25.3 Å². The van der Waals surface area contributed by atoms with Crippen molar-refractivity contribution < 1.29 is 9.53 Å². The summed E-state index contributed by atoms with van der Waals surface area (Å²) in [6.07, 6.45) is 2.59. The summed E-state index contributed by atoms with van der Waals surface area (Å²) in [5, 5.41) is 0. The highest BCUT2D eigenvalue weighted by Gasteiger charge is 2.13. The summed E-state index contributed by atoms with van der Waals surface area (Å²) < 4.78 is 5.48. The zero-order valence-corrected chi connectivity index (χ0v) is 10.5. The molecular weight excluding hydrogens is 214 g/mol. The number of carbonyl (C=O) groups is 1. The molecule has 0 radical (unpaired) electrons. The van der Waals surface area contributed by atoms with Crippen LogP contribution in [-0.4, -0.2) is 26.0 Å². The molecule has 2 rings (SSSR count). The summed E-state index contributed by atoms with van der Waals surface area (Å²) in [5.41, 5.74) is 2.50. The molecule has 3 heteroatoms. The van der Waals surface area contributed by atoms with Crippen LogP contribution in [0.4, 0.5) is 5.69 Å². The van der Waals surface area contributed by atoms with Gasteiger partial charge in [-0.1, -0.05) is 0 Å². The Morgan fingerprint density at radius 1 is 1.47 bits per heavy atom. The summed E-state index contributed by atoms with van der Waals surface area (Å²) >= 11 is 0. The first-order valence-electron chi connectivity index (χ1n) is 6.13. The van der Waals surface area contributed by atoms with Gasteiger partial charge < -0.3 is 14.4 Å². The van der Waals surface area contributed by atoms with Gasteiger partial charge >= 0.3 is 0 Å². The quantitative estimate of drug-likeness (QED) is 0.782. The molecule has 0 saturated carbocycles. The van der Waals surface area contributed by atoms with E-state index in [2.05, 4.69) is 24.1 Å². The Bertz CT molecular complexity index is 415. The first-order valence-corrected chi connectivity index (χ1v) is 6.13. The molecule has 3 nitrogen and oxygen atoms in total. The van der Waals surface area contributed by atoms with Crippen LogP contribution in [0.2, 0.25) is 0 Å². The van der Waals surface area contributed by atoms with Crippen molar-refractivity contribution in [3.63, 3.8) is 0 Å². The largest absolute Gasteiger partial charge is 0.493 e. The zero-order chi connectivity index (χ0) is 12.3. The van der Waals surface area contributed by atoms with Gasteiger partial charge in [0.2, 0.25) is 0 Å². The van der Waals surface area contributed by atoms with Crippen LogP contribution in [0.15, 0.2) is 18.2 Å². The molecule has 1 aromatic rings. The molecule has 0 bridgehead atoms. The molecule has 1 aliphatic heterocycles. The maximum Gasteiger partial charge on any atom is 0.129 e. The summed E-state index contributed by atoms with van der Waals surface area (Å²) in [5.74, 6) is 1.28. The van der Waals surface area contributed by atoms with Crippen molar-refractivity contribution in [3.05, 3.63) is 23.8 Å². The number of carbonyl (C=O) groups excluding carboxylic acids is 1. The third kappa shape index (κ3) is 2.99. The zero-order valence-electron chi connectivity index (χ0n) is 10.5. The van der Waals surface area contributed by atoms with Gasteiger partial charge in [-0.3, -0.25) is 0 Å². The molecule has 0 saturated heterocycles. The van der Waals surface area contributed by atoms with Crippen LogP contribution in [0.25, 0.3) is 0 Å². The molecule has 17 heavy (non-hydrogen) atoms. The van der Waals surface area contributed by atoms with Crippen LogP contribution >= 0.6 is 0 Å². The Morgan fingerprint density at radius 3 is 3.06 bits per heavy atom. The van der Waals surface area contributed by atoms with E-state index in [4.69, 9.17) is 4.74 Å². The molecule has 0 amide bonds. The van der Waals surface area contributed by atoms with Gasteiger partial charge in [-0.25, -0.2) is 0 Å². The fourth-order valence-corrected chi connectivity index (χ4v) is 2.10. The number of ketones is 1. The highest BCUT2D eigenvalue weighted by Crippen LogP contribution is 2.29. The third-order valence-electron chi connectivity index (χ3n) is 3.14. The monoisotopic (exact) mass is 233 g/mol. The molecule has 1 aromatic carbocycles. The van der Waals surface area contributed by atoms with Crippen molar-refractivity contribution in [1.82, 2.24) is 0 Å². The SMILES string of the molecule is CC(=O)CCCN(C)c1ccc2c(c1)CCO2. The van der Waals surface area contributed by atoms with Gasteiger partial charge in [0.15, 0.2) is 0 Å². The lowest BCUT2D eigenvalue weighted by Gasteiger charge is -2.19. The van der Waals surface area contributed by atoms with Crippen molar-refractivity contribution in [1.29, 1.82) is 0 Å². The van der Waals surface area contributed by atoms with Gasteiger partial charge in [0.25, 0.3) is 0 Å². The van der Waals surface area contributed by atoms with E-state index in [0.29, 0.717) is 6.42 Å². The maximum atomic E-state index is 10.9. The molecule has 92 valence electrons. The van der Waals surface area contributed by atoms with E-state index in [9.17, 15) is 4.79 Å². The van der Waals surface area contributed by atoms with Crippen molar-refractivity contribution in [2.45, 2.75) is 26.2 Å². The van der Waals surface area contributed by atoms with E-state index in [1.54, 1.807) is 6.92 Å². The average molecular weight is 233 g/mol. The lowest BCUT2D eigenvalue weighted by Crippen LogP contribution is -2.19. The van der Waals surface area contributed by atoms with Crippen molar-refractivity contribution in [2.75, 3.05) is 25.1 Å². The van der Waals surface area contributed by atoms with Crippen molar-refractivity contribution in [3.8, 4) is 5.75 Å². The molecule has 0 fully saturated rings. The molecule has 0 aliphatic carbocycles. The summed E-state index contributed by atoms with van der Waals surface area (Å²) in [6, 6.07) is 6.31. The summed E-state index contributed by atoms with van der Waals surface area (Å²) in [6.45, 7) is 3.36. The highest BCUT2D eigenvalue weighted by molar-refractivity contribution is 5.75. The van der Waals surface area contributed by atoms with Gasteiger partial charge in [-0.05, 0) is 37.1 Å². The fourth-order valence-electron chi connectivity index (χ4n) is 2.10. The molecule has 0 spiro atoms. The van der Waals surface area contributed by atoms with Gasteiger partial charge in [0, 0.05) is 32.1 Å². The lowest BCUT2D eigenvalue weighted by atomic mass is 10.1. The van der Waals surface area contributed by atoms with E-state index in [0.717, 1.165) is 31.7 Å². The van der Waals surface area contributed by atoms with Crippen molar-refractivity contribution >= 4 is 11.5 Å². The van der Waals surface area contributed by atoms with Crippen molar-refractivity contribution in [2.24, 2.45) is 0 Å². The predicted molar refractivity (Wildman–Crippen MR) is 68.8 cm³/mol. The number of Topliss-reactive ketones (excluding diaryl/α,β-unsaturated/α-hetero) is 1. The fraction of sp³-hybridized carbons (Fsp3) is 0.500. The number of nitrogens with zero attached hydrogens (tertiary/aromatic N) is 1. The number of fused-ring (bicyclic) bond motifs is 1. The molecular formula is C14H19NO2. The molecule has 0 atom stereocenters. The first-order chi connectivity index (χ1) is 8.16. The molecule has 0 aromatic heterocycles. The topological polar surface area (TPSA) is 29.5 Å². The number of rotatable bonds is 5. The van der Waals surface area contributed by atoms with Gasteiger partial charge in [0.05, 0.1) is 6.61 Å². The molecule has 1 aliphatic rings. The molecule has 0 unspecified atom stereocenters. The average Bonchev–Trinajstić information content (AvgIpc) is 2.75. The Hall–Kier alpha value is -1.51. The Balaban J connectivity index is 1.95. The Morgan fingerprint density at radius 2 is 2.29 bits per heavy atom. The van der Waals surface area contributed by atoms with E-state index in [-0.39, 0.29) is 5.78 Å². The number of benzene rings is 1. The van der Waals surface area contributed by atoms with Crippen LogP contribution in [0, 0.1) is 0 Å². The van der Waals surface area contributed by atoms with Crippen LogP contribution in [-0.2, 0) is 11.2 Å². The van der Waals surface area contributed by atoms with Gasteiger partial charge in [-0.2, -0.15) is 0 Å². The van der Waals surface area contributed by atoms with Crippen LogP contribution in [0.3, 0.4) is 0 Å². The highest BCUT2D eigenvalue weighted by atomic mass is 16.5. The Kier molecular flexibility index (Phi) is 3.67. The summed E-state index contributed by atoms with van der Waals surface area (Å²) in [7, 11) is 2.07. The first kappa shape index (κ1) is 12.0. The van der Waals surface area contributed by atoms with Gasteiger partial charge in [-0.15, -0.1) is 0 Å². The minimum atomic E-state index is 0.265. The minimum Gasteiger partial charge on any atom is -0.493 e. The number of anilines is 1. The maximum absolute atomic E-state index is 10.9.